The second kappa shape index (κ2) is 5.03. The van der Waals surface area contributed by atoms with E-state index in [1.165, 1.54) is 5.56 Å². The van der Waals surface area contributed by atoms with Crippen molar-refractivity contribution in [3.63, 3.8) is 0 Å². The Balaban J connectivity index is 2.03. The predicted octanol–water partition coefficient (Wildman–Crippen LogP) is 4.44. The molecule has 1 aliphatic rings. The number of rotatable bonds is 2. The van der Waals surface area contributed by atoms with E-state index in [0.717, 1.165) is 5.69 Å². The van der Waals surface area contributed by atoms with Crippen molar-refractivity contribution in [2.75, 3.05) is 4.90 Å². The van der Waals surface area contributed by atoms with Crippen molar-refractivity contribution in [2.24, 2.45) is 11.3 Å². The minimum absolute atomic E-state index is 0.0279. The van der Waals surface area contributed by atoms with Crippen LogP contribution in [0.25, 0.3) is 0 Å². The first-order valence-corrected chi connectivity index (χ1v) is 7.43. The van der Waals surface area contributed by atoms with E-state index < -0.39 is 0 Å². The first kappa shape index (κ1) is 13.9. The number of anilines is 1. The van der Waals surface area contributed by atoms with Crippen LogP contribution in [0.1, 0.15) is 32.4 Å². The summed E-state index contributed by atoms with van der Waals surface area (Å²) in [5.41, 5.74) is 2.15. The molecule has 0 aliphatic carbocycles. The molecule has 108 valence electrons. The highest BCUT2D eigenvalue weighted by atomic mass is 16.2. The number of carbonyl (C=O) groups is 1. The van der Waals surface area contributed by atoms with Crippen LogP contribution in [0.15, 0.2) is 60.7 Å². The number of nitrogens with zero attached hydrogens (tertiary/aromatic N) is 1. The van der Waals surface area contributed by atoms with Gasteiger partial charge in [-0.25, -0.2) is 0 Å². The molecule has 0 unspecified atom stereocenters. The van der Waals surface area contributed by atoms with Crippen molar-refractivity contribution < 1.29 is 4.79 Å². The van der Waals surface area contributed by atoms with Crippen LogP contribution >= 0.6 is 0 Å². The van der Waals surface area contributed by atoms with Crippen LogP contribution in [0.5, 0.6) is 0 Å². The highest BCUT2D eigenvalue weighted by Gasteiger charge is 2.53. The van der Waals surface area contributed by atoms with E-state index in [9.17, 15) is 4.79 Å². The Morgan fingerprint density at radius 2 is 1.38 bits per heavy atom. The SMILES string of the molecule is CC(C)(C)[C@@H]1C(=O)N(c2ccccc2)[C@@H]1c1ccccc1. The molecule has 2 aromatic carbocycles. The standard InChI is InChI=1S/C19H21NO/c1-19(2,3)16-17(14-10-6-4-7-11-14)20(18(16)21)15-12-8-5-9-13-15/h4-13,16-17H,1-3H3/t16-,17+/m0/s1. The summed E-state index contributed by atoms with van der Waals surface area (Å²) in [5.74, 6) is 0.252. The molecule has 0 N–H and O–H groups in total. The molecule has 1 amide bonds. The Labute approximate surface area is 126 Å². The van der Waals surface area contributed by atoms with Crippen molar-refractivity contribution in [1.82, 2.24) is 0 Å². The fourth-order valence-corrected chi connectivity index (χ4v) is 3.20. The average molecular weight is 279 g/mol. The lowest BCUT2D eigenvalue weighted by molar-refractivity contribution is -0.135. The summed E-state index contributed by atoms with van der Waals surface area (Å²) in [6, 6.07) is 20.4. The van der Waals surface area contributed by atoms with Gasteiger partial charge in [0.1, 0.15) is 0 Å². The molecule has 0 saturated carbocycles. The van der Waals surface area contributed by atoms with Crippen molar-refractivity contribution in [1.29, 1.82) is 0 Å². The van der Waals surface area contributed by atoms with Crippen LogP contribution in [0.4, 0.5) is 5.69 Å². The van der Waals surface area contributed by atoms with E-state index in [4.69, 9.17) is 0 Å². The van der Waals surface area contributed by atoms with Crippen LogP contribution < -0.4 is 4.90 Å². The lowest BCUT2D eigenvalue weighted by Gasteiger charge is -2.52. The van der Waals surface area contributed by atoms with E-state index in [1.807, 2.05) is 53.4 Å². The Morgan fingerprint density at radius 1 is 0.857 bits per heavy atom. The van der Waals surface area contributed by atoms with Gasteiger partial charge in [0.05, 0.1) is 12.0 Å². The average Bonchev–Trinajstić information content (AvgIpc) is 2.45. The lowest BCUT2D eigenvalue weighted by atomic mass is 9.67. The largest absolute Gasteiger partial charge is 0.304 e. The van der Waals surface area contributed by atoms with Gasteiger partial charge in [0.2, 0.25) is 5.91 Å². The summed E-state index contributed by atoms with van der Waals surface area (Å²) >= 11 is 0. The molecule has 0 radical (unpaired) electrons. The van der Waals surface area contributed by atoms with Gasteiger partial charge in [-0.1, -0.05) is 69.3 Å². The van der Waals surface area contributed by atoms with Crippen molar-refractivity contribution in [3.05, 3.63) is 66.2 Å². The third-order valence-electron chi connectivity index (χ3n) is 4.21. The van der Waals surface area contributed by atoms with Gasteiger partial charge < -0.3 is 4.90 Å². The molecule has 2 atom stereocenters. The minimum atomic E-state index is -0.0388. The first-order chi connectivity index (χ1) is 10.00. The monoisotopic (exact) mass is 279 g/mol. The maximum Gasteiger partial charge on any atom is 0.233 e. The molecule has 1 fully saturated rings. The molecule has 1 aliphatic heterocycles. The second-order valence-electron chi connectivity index (χ2n) is 6.74. The topological polar surface area (TPSA) is 20.3 Å². The molecule has 2 heteroatoms. The number of β-lactam (4-membered cyclic amide) rings is 1. The number of carbonyl (C=O) groups excluding carboxylic acids is 1. The van der Waals surface area contributed by atoms with E-state index >= 15 is 0 Å². The van der Waals surface area contributed by atoms with Crippen molar-refractivity contribution in [2.45, 2.75) is 26.8 Å². The summed E-state index contributed by atoms with van der Waals surface area (Å²) in [6.07, 6.45) is 0. The molecule has 1 saturated heterocycles. The molecular formula is C19H21NO. The third kappa shape index (κ3) is 2.35. The minimum Gasteiger partial charge on any atom is -0.304 e. The quantitative estimate of drug-likeness (QED) is 0.744. The summed E-state index contributed by atoms with van der Waals surface area (Å²) in [6.45, 7) is 6.44. The van der Waals surface area contributed by atoms with Gasteiger partial charge in [-0.2, -0.15) is 0 Å². The maximum atomic E-state index is 12.7. The number of amides is 1. The van der Waals surface area contributed by atoms with E-state index in [1.54, 1.807) is 0 Å². The zero-order valence-electron chi connectivity index (χ0n) is 12.8. The van der Waals surface area contributed by atoms with Crippen LogP contribution in [-0.4, -0.2) is 5.91 Å². The number of hydrogen-bond acceptors (Lipinski definition) is 1. The van der Waals surface area contributed by atoms with Gasteiger partial charge in [-0.05, 0) is 23.1 Å². The second-order valence-corrected chi connectivity index (χ2v) is 6.74. The molecule has 2 aromatic rings. The Hall–Kier alpha value is -2.09. The Kier molecular flexibility index (Phi) is 3.32. The highest BCUT2D eigenvalue weighted by Crippen LogP contribution is 2.50. The van der Waals surface area contributed by atoms with Gasteiger partial charge >= 0.3 is 0 Å². The van der Waals surface area contributed by atoms with E-state index in [2.05, 4.69) is 32.9 Å². The lowest BCUT2D eigenvalue weighted by Crippen LogP contribution is -2.59. The fraction of sp³-hybridized carbons (Fsp3) is 0.316. The van der Waals surface area contributed by atoms with Gasteiger partial charge in [0.15, 0.2) is 0 Å². The third-order valence-corrected chi connectivity index (χ3v) is 4.21. The van der Waals surface area contributed by atoms with Crippen LogP contribution in [0, 0.1) is 11.3 Å². The molecule has 0 spiro atoms. The maximum absolute atomic E-state index is 12.7. The van der Waals surface area contributed by atoms with Gasteiger partial charge in [0.25, 0.3) is 0 Å². The number of para-hydroxylation sites is 1. The first-order valence-electron chi connectivity index (χ1n) is 7.43. The van der Waals surface area contributed by atoms with E-state index in [-0.39, 0.29) is 23.3 Å². The van der Waals surface area contributed by atoms with Crippen molar-refractivity contribution in [3.8, 4) is 0 Å². The molecule has 21 heavy (non-hydrogen) atoms. The molecule has 3 rings (SSSR count). The summed E-state index contributed by atoms with van der Waals surface area (Å²) in [4.78, 5) is 14.7. The summed E-state index contributed by atoms with van der Waals surface area (Å²) in [5, 5.41) is 0. The van der Waals surface area contributed by atoms with Crippen molar-refractivity contribution >= 4 is 11.6 Å². The van der Waals surface area contributed by atoms with Gasteiger partial charge in [-0.15, -0.1) is 0 Å². The normalized spacial score (nSPS) is 22.0. The summed E-state index contributed by atoms with van der Waals surface area (Å²) < 4.78 is 0. The molecule has 0 bridgehead atoms. The molecule has 0 aromatic heterocycles. The molecular weight excluding hydrogens is 258 g/mol. The van der Waals surface area contributed by atoms with Crippen LogP contribution in [0.3, 0.4) is 0 Å². The number of hydrogen-bond donors (Lipinski definition) is 0. The predicted molar refractivity (Wildman–Crippen MR) is 86.1 cm³/mol. The molecule has 2 nitrogen and oxygen atoms in total. The fourth-order valence-electron chi connectivity index (χ4n) is 3.20. The van der Waals surface area contributed by atoms with Gasteiger partial charge in [0, 0.05) is 5.69 Å². The number of benzene rings is 2. The smallest absolute Gasteiger partial charge is 0.233 e. The summed E-state index contributed by atoms with van der Waals surface area (Å²) in [7, 11) is 0. The van der Waals surface area contributed by atoms with Crippen LogP contribution in [0.2, 0.25) is 0 Å². The van der Waals surface area contributed by atoms with Crippen LogP contribution in [-0.2, 0) is 4.79 Å². The van der Waals surface area contributed by atoms with Gasteiger partial charge in [-0.3, -0.25) is 4.79 Å². The zero-order valence-corrected chi connectivity index (χ0v) is 12.8. The molecule has 1 heterocycles. The Bertz CT molecular complexity index is 628. The Morgan fingerprint density at radius 3 is 1.90 bits per heavy atom. The van der Waals surface area contributed by atoms with E-state index in [0.29, 0.717) is 0 Å². The zero-order chi connectivity index (χ0) is 15.0. The highest BCUT2D eigenvalue weighted by molar-refractivity contribution is 6.03.